The number of amides is 1. The van der Waals surface area contributed by atoms with Gasteiger partial charge in [0.25, 0.3) is 5.56 Å². The Kier molecular flexibility index (Phi) is 5.47. The number of fused-ring (bicyclic) bond motifs is 2. The van der Waals surface area contributed by atoms with E-state index in [1.807, 2.05) is 42.5 Å². The fourth-order valence-electron chi connectivity index (χ4n) is 3.14. The SMILES string of the molecule is O=C(Cc1cccc2ccccc12)NCC(=O)OCn1nnc2ccccc2c1=O. The van der Waals surface area contributed by atoms with Crippen LogP contribution in [-0.2, 0) is 27.5 Å². The van der Waals surface area contributed by atoms with Crippen LogP contribution >= 0.6 is 0 Å². The van der Waals surface area contributed by atoms with Crippen LogP contribution in [0.3, 0.4) is 0 Å². The molecule has 8 heteroatoms. The van der Waals surface area contributed by atoms with Crippen molar-refractivity contribution in [3.05, 3.63) is 82.6 Å². The number of nitrogens with one attached hydrogen (secondary N) is 1. The van der Waals surface area contributed by atoms with Gasteiger partial charge in [-0.1, -0.05) is 59.8 Å². The Balaban J connectivity index is 1.32. The second-order valence-electron chi connectivity index (χ2n) is 6.65. The van der Waals surface area contributed by atoms with E-state index in [9.17, 15) is 14.4 Å². The fraction of sp³-hybridized carbons (Fsp3) is 0.136. The molecule has 0 spiro atoms. The van der Waals surface area contributed by atoms with E-state index in [1.165, 1.54) is 0 Å². The van der Waals surface area contributed by atoms with E-state index in [0.717, 1.165) is 21.0 Å². The second kappa shape index (κ2) is 8.52. The maximum Gasteiger partial charge on any atom is 0.327 e. The number of rotatable bonds is 6. The Morgan fingerprint density at radius 1 is 0.933 bits per heavy atom. The van der Waals surface area contributed by atoms with Crippen LogP contribution < -0.4 is 10.9 Å². The van der Waals surface area contributed by atoms with Crippen molar-refractivity contribution in [1.29, 1.82) is 0 Å². The third-order valence-corrected chi connectivity index (χ3v) is 4.64. The van der Waals surface area contributed by atoms with Gasteiger partial charge in [0.05, 0.1) is 11.8 Å². The second-order valence-corrected chi connectivity index (χ2v) is 6.65. The molecule has 0 radical (unpaired) electrons. The molecule has 0 aliphatic rings. The van der Waals surface area contributed by atoms with Crippen molar-refractivity contribution in [2.45, 2.75) is 13.2 Å². The van der Waals surface area contributed by atoms with Crippen LogP contribution in [0.4, 0.5) is 0 Å². The molecule has 30 heavy (non-hydrogen) atoms. The molecule has 4 aromatic rings. The topological polar surface area (TPSA) is 103 Å². The third kappa shape index (κ3) is 4.17. The van der Waals surface area contributed by atoms with Gasteiger partial charge >= 0.3 is 5.97 Å². The monoisotopic (exact) mass is 402 g/mol. The van der Waals surface area contributed by atoms with Gasteiger partial charge in [-0.05, 0) is 28.5 Å². The Hall–Kier alpha value is -4.07. The van der Waals surface area contributed by atoms with E-state index in [0.29, 0.717) is 10.9 Å². The van der Waals surface area contributed by atoms with Crippen LogP contribution in [0.2, 0.25) is 0 Å². The molecular weight excluding hydrogens is 384 g/mol. The van der Waals surface area contributed by atoms with E-state index in [-0.39, 0.29) is 25.6 Å². The molecule has 8 nitrogen and oxygen atoms in total. The predicted octanol–water partition coefficient (Wildman–Crippen LogP) is 1.80. The van der Waals surface area contributed by atoms with Gasteiger partial charge in [0.1, 0.15) is 12.1 Å². The van der Waals surface area contributed by atoms with Crippen LogP contribution in [0.5, 0.6) is 0 Å². The first-order chi connectivity index (χ1) is 14.6. The molecule has 4 rings (SSSR count). The highest BCUT2D eigenvalue weighted by Crippen LogP contribution is 2.18. The van der Waals surface area contributed by atoms with Crippen molar-refractivity contribution in [2.24, 2.45) is 0 Å². The van der Waals surface area contributed by atoms with Crippen molar-refractivity contribution < 1.29 is 14.3 Å². The van der Waals surface area contributed by atoms with Crippen molar-refractivity contribution in [3.8, 4) is 0 Å². The van der Waals surface area contributed by atoms with Gasteiger partial charge in [-0.25, -0.2) is 0 Å². The third-order valence-electron chi connectivity index (χ3n) is 4.64. The molecule has 0 bridgehead atoms. The number of esters is 1. The van der Waals surface area contributed by atoms with Crippen molar-refractivity contribution in [3.63, 3.8) is 0 Å². The number of carbonyl (C=O) groups excluding carboxylic acids is 2. The Morgan fingerprint density at radius 2 is 1.67 bits per heavy atom. The standard InChI is InChI=1S/C22H18N4O4/c27-20(12-16-8-5-7-15-6-1-2-9-17(15)16)23-13-21(28)30-14-26-22(29)18-10-3-4-11-19(18)24-25-26/h1-11H,12-14H2,(H,23,27). The zero-order valence-corrected chi connectivity index (χ0v) is 15.9. The molecule has 1 aromatic heterocycles. The molecule has 0 fully saturated rings. The first kappa shape index (κ1) is 19.3. The summed E-state index contributed by atoms with van der Waals surface area (Å²) in [4.78, 5) is 36.5. The zero-order valence-electron chi connectivity index (χ0n) is 15.9. The summed E-state index contributed by atoms with van der Waals surface area (Å²) in [7, 11) is 0. The minimum Gasteiger partial charge on any atom is -0.441 e. The minimum atomic E-state index is -0.678. The van der Waals surface area contributed by atoms with E-state index in [2.05, 4.69) is 15.6 Å². The number of hydrogen-bond acceptors (Lipinski definition) is 6. The van der Waals surface area contributed by atoms with Crippen LogP contribution in [0.1, 0.15) is 5.56 Å². The summed E-state index contributed by atoms with van der Waals surface area (Å²) < 4.78 is 5.99. The first-order valence-electron chi connectivity index (χ1n) is 9.33. The van der Waals surface area contributed by atoms with Gasteiger partial charge in [0, 0.05) is 0 Å². The van der Waals surface area contributed by atoms with Crippen molar-refractivity contribution in [1.82, 2.24) is 20.3 Å². The number of hydrogen-bond donors (Lipinski definition) is 1. The summed E-state index contributed by atoms with van der Waals surface area (Å²) in [5.74, 6) is -0.978. The zero-order chi connectivity index (χ0) is 20.9. The van der Waals surface area contributed by atoms with Gasteiger partial charge < -0.3 is 10.1 Å². The molecule has 0 aliphatic heterocycles. The number of benzene rings is 3. The lowest BCUT2D eigenvalue weighted by atomic mass is 10.0. The summed E-state index contributed by atoms with van der Waals surface area (Å²) in [6, 6.07) is 20.3. The summed E-state index contributed by atoms with van der Waals surface area (Å²) >= 11 is 0. The van der Waals surface area contributed by atoms with Gasteiger partial charge in [-0.15, -0.1) is 5.10 Å². The fourth-order valence-corrected chi connectivity index (χ4v) is 3.14. The Morgan fingerprint density at radius 3 is 2.53 bits per heavy atom. The normalized spacial score (nSPS) is 10.8. The largest absolute Gasteiger partial charge is 0.441 e. The summed E-state index contributed by atoms with van der Waals surface area (Å²) in [5, 5.41) is 12.6. The molecule has 0 saturated carbocycles. The number of ether oxygens (including phenoxy) is 1. The van der Waals surface area contributed by atoms with Gasteiger partial charge in [-0.2, -0.15) is 4.68 Å². The Bertz CT molecular complexity index is 1290. The average Bonchev–Trinajstić information content (AvgIpc) is 2.78. The maximum absolute atomic E-state index is 12.3. The van der Waals surface area contributed by atoms with E-state index < -0.39 is 11.5 Å². The summed E-state index contributed by atoms with van der Waals surface area (Å²) in [6.45, 7) is -0.686. The Labute approximate surface area is 171 Å². The highest BCUT2D eigenvalue weighted by molar-refractivity contribution is 5.91. The van der Waals surface area contributed by atoms with Gasteiger partial charge in [-0.3, -0.25) is 14.4 Å². The highest BCUT2D eigenvalue weighted by atomic mass is 16.5. The predicted molar refractivity (Wildman–Crippen MR) is 111 cm³/mol. The smallest absolute Gasteiger partial charge is 0.327 e. The van der Waals surface area contributed by atoms with E-state index in [1.54, 1.807) is 24.3 Å². The lowest BCUT2D eigenvalue weighted by Gasteiger charge is -2.09. The van der Waals surface area contributed by atoms with Gasteiger partial charge in [0.15, 0.2) is 6.73 Å². The van der Waals surface area contributed by atoms with Crippen molar-refractivity contribution in [2.75, 3.05) is 6.54 Å². The van der Waals surface area contributed by atoms with Crippen LogP contribution in [0, 0.1) is 0 Å². The lowest BCUT2D eigenvalue weighted by Crippen LogP contribution is -2.33. The van der Waals surface area contributed by atoms with E-state index >= 15 is 0 Å². The summed E-state index contributed by atoms with van der Waals surface area (Å²) in [5.41, 5.74) is 0.927. The quantitative estimate of drug-likeness (QED) is 0.494. The molecule has 150 valence electrons. The molecule has 1 amide bonds. The molecule has 1 heterocycles. The van der Waals surface area contributed by atoms with Crippen LogP contribution in [-0.4, -0.2) is 33.4 Å². The molecule has 0 unspecified atom stereocenters. The lowest BCUT2D eigenvalue weighted by molar-refractivity contribution is -0.148. The number of nitrogens with zero attached hydrogens (tertiary/aromatic N) is 3. The number of carbonyl (C=O) groups is 2. The highest BCUT2D eigenvalue weighted by Gasteiger charge is 2.11. The molecule has 1 N–H and O–H groups in total. The molecule has 3 aromatic carbocycles. The molecule has 0 atom stereocenters. The molecular formula is C22H18N4O4. The average molecular weight is 402 g/mol. The minimum absolute atomic E-state index is 0.143. The van der Waals surface area contributed by atoms with Crippen molar-refractivity contribution >= 4 is 33.6 Å². The number of aromatic nitrogens is 3. The maximum atomic E-state index is 12.3. The molecule has 0 saturated heterocycles. The van der Waals surface area contributed by atoms with Crippen LogP contribution in [0.25, 0.3) is 21.7 Å². The van der Waals surface area contributed by atoms with E-state index in [4.69, 9.17) is 4.74 Å². The first-order valence-corrected chi connectivity index (χ1v) is 9.33. The van der Waals surface area contributed by atoms with Crippen LogP contribution in [0.15, 0.2) is 71.5 Å². The molecule has 0 aliphatic carbocycles. The van der Waals surface area contributed by atoms with Gasteiger partial charge in [0.2, 0.25) is 5.91 Å². The summed E-state index contributed by atoms with van der Waals surface area (Å²) in [6.07, 6.45) is 0.143.